The molecule has 2 atom stereocenters. The van der Waals surface area contributed by atoms with E-state index in [1.165, 1.54) is 5.56 Å². The van der Waals surface area contributed by atoms with Gasteiger partial charge in [0.1, 0.15) is 11.0 Å². The van der Waals surface area contributed by atoms with E-state index in [2.05, 4.69) is 88.8 Å². The quantitative estimate of drug-likeness (QED) is 0.281. The highest BCUT2D eigenvalue weighted by Gasteiger charge is 2.37. The summed E-state index contributed by atoms with van der Waals surface area (Å²) in [6, 6.07) is 14.7. The highest BCUT2D eigenvalue weighted by molar-refractivity contribution is 8.30. The van der Waals surface area contributed by atoms with Crippen molar-refractivity contribution in [3.63, 3.8) is 0 Å². The number of carbonyl (C=O) groups excluding carboxylic acids is 1. The van der Waals surface area contributed by atoms with Gasteiger partial charge in [-0.15, -0.1) is 22.1 Å². The fourth-order valence-corrected chi connectivity index (χ4v) is 8.24. The summed E-state index contributed by atoms with van der Waals surface area (Å²) >= 11 is 1.68. The van der Waals surface area contributed by atoms with Crippen molar-refractivity contribution < 1.29 is 13.7 Å². The summed E-state index contributed by atoms with van der Waals surface area (Å²) in [5.74, 6) is 2.01. The van der Waals surface area contributed by atoms with E-state index < -0.39 is 10.3 Å². The summed E-state index contributed by atoms with van der Waals surface area (Å²) in [6.07, 6.45) is 2.30. The Morgan fingerprint density at radius 3 is 2.43 bits per heavy atom. The molecule has 1 aliphatic heterocycles. The van der Waals surface area contributed by atoms with Gasteiger partial charge in [-0.1, -0.05) is 45.9 Å². The Kier molecular flexibility index (Phi) is 8.27. The maximum atomic E-state index is 13.9. The second-order valence-corrected chi connectivity index (χ2v) is 15.7. The van der Waals surface area contributed by atoms with Gasteiger partial charge < -0.3 is 18.4 Å². The molecule has 5 nitrogen and oxygen atoms in total. The minimum Gasteiger partial charge on any atom is -0.497 e. The average molecular weight is 543 g/mol. The van der Waals surface area contributed by atoms with Crippen LogP contribution in [0.25, 0.3) is 22.2 Å². The van der Waals surface area contributed by atoms with Crippen LogP contribution in [0.4, 0.5) is 0 Å². The summed E-state index contributed by atoms with van der Waals surface area (Å²) in [7, 11) is 0.464. The number of thioether (sulfide) groups is 1. The molecule has 0 saturated carbocycles. The third-order valence-corrected chi connectivity index (χ3v) is 13.4. The largest absolute Gasteiger partial charge is 0.497 e. The molecule has 1 aliphatic rings. The topological polar surface area (TPSA) is 43.7 Å². The van der Waals surface area contributed by atoms with Gasteiger partial charge in [-0.25, -0.2) is 0 Å². The summed E-state index contributed by atoms with van der Waals surface area (Å²) in [5.41, 5.74) is 4.52. The number of hydrogen-bond acceptors (Lipinski definition) is 4. The van der Waals surface area contributed by atoms with Crippen molar-refractivity contribution in [2.45, 2.75) is 63.0 Å². The van der Waals surface area contributed by atoms with E-state index in [1.54, 1.807) is 18.9 Å². The molecule has 0 bridgehead atoms. The van der Waals surface area contributed by atoms with Gasteiger partial charge in [0.15, 0.2) is 0 Å². The number of hydrogen-bond donors (Lipinski definition) is 0. The standard InChI is InChI=1S/C30H42N2O3S2/c1-9-31(10-2)29(33)28-26-22-17-16-21(34-7)20-24(22)32(18-19-35-37(8,11-3)30(4,5)6)27(26)23-14-12-13-15-25(23)36-28/h12-17,20,28H,9-11,18-19H2,1-8H3. The first-order chi connectivity index (χ1) is 17.6. The van der Waals surface area contributed by atoms with Crippen LogP contribution in [0.1, 0.15) is 52.4 Å². The fraction of sp³-hybridized carbons (Fsp3) is 0.500. The first kappa shape index (κ1) is 27.9. The minimum atomic E-state index is -1.24. The molecule has 7 heteroatoms. The molecule has 0 N–H and O–H groups in total. The predicted octanol–water partition coefficient (Wildman–Crippen LogP) is 7.52. The number of likely N-dealkylation sites (N-methyl/N-ethyl adjacent to an activating group) is 1. The Labute approximate surface area is 228 Å². The van der Waals surface area contributed by atoms with E-state index in [1.807, 2.05) is 11.0 Å². The number of amides is 1. The average Bonchev–Trinajstić information content (AvgIpc) is 3.21. The molecule has 0 radical (unpaired) electrons. The summed E-state index contributed by atoms with van der Waals surface area (Å²) in [5, 5.41) is 0.828. The van der Waals surface area contributed by atoms with E-state index >= 15 is 0 Å². The van der Waals surface area contributed by atoms with E-state index in [0.717, 1.165) is 38.6 Å². The molecule has 0 spiro atoms. The highest BCUT2D eigenvalue weighted by atomic mass is 32.3. The molecule has 202 valence electrons. The van der Waals surface area contributed by atoms with Crippen LogP contribution < -0.4 is 4.74 Å². The van der Waals surface area contributed by atoms with E-state index in [0.29, 0.717) is 26.2 Å². The lowest BCUT2D eigenvalue weighted by Gasteiger charge is -2.46. The van der Waals surface area contributed by atoms with Crippen LogP contribution in [0.15, 0.2) is 47.4 Å². The van der Waals surface area contributed by atoms with Crippen LogP contribution >= 0.6 is 22.1 Å². The maximum absolute atomic E-state index is 13.9. The molecule has 2 heterocycles. The van der Waals surface area contributed by atoms with E-state index in [4.69, 9.17) is 8.92 Å². The third-order valence-electron chi connectivity index (χ3n) is 7.76. The van der Waals surface area contributed by atoms with Crippen molar-refractivity contribution >= 4 is 38.9 Å². The molecule has 0 saturated heterocycles. The van der Waals surface area contributed by atoms with Crippen LogP contribution in [0, 0.1) is 0 Å². The van der Waals surface area contributed by atoms with E-state index in [-0.39, 0.29) is 15.9 Å². The number of nitrogens with zero attached hydrogens (tertiary/aromatic N) is 2. The van der Waals surface area contributed by atoms with Gasteiger partial charge in [0.05, 0.1) is 24.9 Å². The summed E-state index contributed by atoms with van der Waals surface area (Å²) in [6.45, 7) is 15.9. The SMILES string of the molecule is CCN(CC)C(=O)C1Sc2ccccc2-c2c1c1ccc(OC)cc1n2CCOS(C)(CC)C(C)(C)C. The molecule has 1 aromatic heterocycles. The Hall–Kier alpha value is -2.09. The maximum Gasteiger partial charge on any atom is 0.240 e. The molecular weight excluding hydrogens is 500 g/mol. The first-order valence-corrected chi connectivity index (χ1v) is 16.3. The van der Waals surface area contributed by atoms with Crippen molar-refractivity contribution in [3.8, 4) is 17.0 Å². The zero-order valence-corrected chi connectivity index (χ0v) is 25.2. The van der Waals surface area contributed by atoms with Crippen LogP contribution in [0.3, 0.4) is 0 Å². The molecule has 2 aromatic carbocycles. The fourth-order valence-electron chi connectivity index (χ4n) is 5.10. The zero-order valence-electron chi connectivity index (χ0n) is 23.6. The van der Waals surface area contributed by atoms with Gasteiger partial charge in [-0.2, -0.15) is 0 Å². The third kappa shape index (κ3) is 5.02. The van der Waals surface area contributed by atoms with E-state index in [9.17, 15) is 4.79 Å². The number of rotatable bonds is 9. The van der Waals surface area contributed by atoms with Gasteiger partial charge in [0, 0.05) is 51.9 Å². The van der Waals surface area contributed by atoms with Gasteiger partial charge in [-0.05, 0) is 44.1 Å². The number of carbonyl (C=O) groups is 1. The first-order valence-electron chi connectivity index (χ1n) is 13.2. The van der Waals surface area contributed by atoms with Gasteiger partial charge in [0.2, 0.25) is 5.91 Å². The normalized spacial score (nSPS) is 17.6. The van der Waals surface area contributed by atoms with Gasteiger partial charge in [-0.3, -0.25) is 4.79 Å². The van der Waals surface area contributed by atoms with Crippen LogP contribution in [-0.2, 0) is 15.5 Å². The molecule has 37 heavy (non-hydrogen) atoms. The molecule has 4 rings (SSSR count). The summed E-state index contributed by atoms with van der Waals surface area (Å²) in [4.78, 5) is 17.0. The molecule has 1 amide bonds. The lowest BCUT2D eigenvalue weighted by atomic mass is 10.0. The van der Waals surface area contributed by atoms with Crippen molar-refractivity contribution in [1.29, 1.82) is 0 Å². The van der Waals surface area contributed by atoms with Crippen LogP contribution in [-0.4, -0.2) is 58.9 Å². The van der Waals surface area contributed by atoms with Crippen molar-refractivity contribution in [1.82, 2.24) is 9.47 Å². The lowest BCUT2D eigenvalue weighted by molar-refractivity contribution is -0.130. The van der Waals surface area contributed by atoms with Crippen molar-refractivity contribution in [3.05, 3.63) is 48.0 Å². The van der Waals surface area contributed by atoms with Crippen LogP contribution in [0.2, 0.25) is 0 Å². The lowest BCUT2D eigenvalue weighted by Crippen LogP contribution is -2.34. The Bertz CT molecular complexity index is 1280. The smallest absolute Gasteiger partial charge is 0.240 e. The number of benzene rings is 2. The number of ether oxygens (including phenoxy) is 1. The van der Waals surface area contributed by atoms with Gasteiger partial charge in [0.25, 0.3) is 0 Å². The zero-order chi connectivity index (χ0) is 27.0. The molecular formula is C30H42N2O3S2. The molecule has 0 aliphatic carbocycles. The second-order valence-electron chi connectivity index (χ2n) is 10.5. The number of fused-ring (bicyclic) bond motifs is 5. The monoisotopic (exact) mass is 542 g/mol. The Balaban J connectivity index is 1.89. The predicted molar refractivity (Wildman–Crippen MR) is 160 cm³/mol. The molecule has 2 unspecified atom stereocenters. The number of aromatic nitrogens is 1. The minimum absolute atomic E-state index is 0.105. The van der Waals surface area contributed by atoms with Crippen molar-refractivity contribution in [2.24, 2.45) is 0 Å². The number of methoxy groups -OCH3 is 1. The molecule has 0 fully saturated rings. The second kappa shape index (κ2) is 11.0. The van der Waals surface area contributed by atoms with Crippen molar-refractivity contribution in [2.75, 3.05) is 38.8 Å². The Morgan fingerprint density at radius 1 is 1.11 bits per heavy atom. The molecule has 3 aromatic rings. The van der Waals surface area contributed by atoms with Gasteiger partial charge >= 0.3 is 0 Å². The Morgan fingerprint density at radius 2 is 1.81 bits per heavy atom. The summed E-state index contributed by atoms with van der Waals surface area (Å²) < 4.78 is 14.8. The van der Waals surface area contributed by atoms with Crippen LogP contribution in [0.5, 0.6) is 5.75 Å². The highest BCUT2D eigenvalue weighted by Crippen LogP contribution is 2.57.